The minimum atomic E-state index is -3.33. The highest BCUT2D eigenvalue weighted by Crippen LogP contribution is 2.33. The molecule has 2 aliphatic heterocycles. The van der Waals surface area contributed by atoms with Crippen LogP contribution in [0.15, 0.2) is 23.1 Å². The highest BCUT2D eigenvalue weighted by molar-refractivity contribution is 7.89. The molecule has 2 fully saturated rings. The third kappa shape index (κ3) is 2.22. The largest absolute Gasteiger partial charge is 0.315 e. The highest BCUT2D eigenvalue weighted by Gasteiger charge is 2.43. The average molecular weight is 306 g/mol. The first-order valence-corrected chi connectivity index (χ1v) is 9.44. The zero-order chi connectivity index (χ0) is 14.4. The summed E-state index contributed by atoms with van der Waals surface area (Å²) in [4.78, 5) is 0.496. The molecule has 0 spiro atoms. The number of rotatable bonds is 2. The molecule has 0 saturated carbocycles. The van der Waals surface area contributed by atoms with Gasteiger partial charge in [-0.15, -0.1) is 0 Å². The number of aryl methyl sites for hydroxylation is 2. The van der Waals surface area contributed by atoms with E-state index in [-0.39, 0.29) is 6.04 Å². The molecule has 114 valence electrons. The Morgan fingerprint density at radius 3 is 2.76 bits per heavy atom. The van der Waals surface area contributed by atoms with Gasteiger partial charge < -0.3 is 5.32 Å². The molecule has 2 saturated heterocycles. The van der Waals surface area contributed by atoms with E-state index in [0.717, 1.165) is 32.4 Å². The summed E-state index contributed by atoms with van der Waals surface area (Å²) in [6, 6.07) is 5.93. The second kappa shape index (κ2) is 5.07. The van der Waals surface area contributed by atoms with E-state index >= 15 is 0 Å². The van der Waals surface area contributed by atoms with Gasteiger partial charge in [-0.2, -0.15) is 4.31 Å². The van der Waals surface area contributed by atoms with E-state index in [2.05, 4.69) is 5.32 Å². The maximum absolute atomic E-state index is 13.0. The zero-order valence-electron chi connectivity index (χ0n) is 12.2. The van der Waals surface area contributed by atoms with Crippen molar-refractivity contribution in [3.63, 3.8) is 0 Å². The van der Waals surface area contributed by atoms with Crippen molar-refractivity contribution in [3.8, 4) is 0 Å². The monoisotopic (exact) mass is 306 g/mol. The van der Waals surface area contributed by atoms with E-state index in [9.17, 15) is 8.42 Å². The smallest absolute Gasteiger partial charge is 0.243 e. The molecule has 1 aliphatic carbocycles. The molecule has 0 radical (unpaired) electrons. The van der Waals surface area contributed by atoms with E-state index in [0.29, 0.717) is 17.4 Å². The normalized spacial score (nSPS) is 29.3. The molecule has 2 heterocycles. The van der Waals surface area contributed by atoms with E-state index in [1.807, 2.05) is 18.2 Å². The Kier molecular flexibility index (Phi) is 3.32. The van der Waals surface area contributed by atoms with Crippen LogP contribution >= 0.6 is 0 Å². The molecule has 4 nitrogen and oxygen atoms in total. The third-order valence-corrected chi connectivity index (χ3v) is 7.24. The molecule has 3 aliphatic rings. The van der Waals surface area contributed by atoms with Crippen molar-refractivity contribution in [2.45, 2.75) is 43.0 Å². The fraction of sp³-hybridized carbons (Fsp3) is 0.625. The summed E-state index contributed by atoms with van der Waals surface area (Å²) in [5.41, 5.74) is 2.57. The molecule has 5 heteroatoms. The van der Waals surface area contributed by atoms with Crippen LogP contribution in [0.25, 0.3) is 0 Å². The van der Waals surface area contributed by atoms with Crippen LogP contribution in [-0.4, -0.2) is 38.4 Å². The van der Waals surface area contributed by atoms with Crippen molar-refractivity contribution in [1.82, 2.24) is 9.62 Å². The van der Waals surface area contributed by atoms with Crippen molar-refractivity contribution >= 4 is 10.0 Å². The molecule has 0 aromatic heterocycles. The number of sulfonamides is 1. The SMILES string of the molecule is O=S(=O)(c1ccc2c(c1)CCCC2)N1CC[C@H]2CNC[C@H]21. The van der Waals surface area contributed by atoms with Crippen LogP contribution in [0, 0.1) is 5.92 Å². The lowest BCUT2D eigenvalue weighted by Gasteiger charge is -2.24. The summed E-state index contributed by atoms with van der Waals surface area (Å²) in [7, 11) is -3.33. The van der Waals surface area contributed by atoms with Gasteiger partial charge in [0.15, 0.2) is 0 Å². The topological polar surface area (TPSA) is 49.4 Å². The average Bonchev–Trinajstić information content (AvgIpc) is 3.09. The molecule has 1 aromatic rings. The van der Waals surface area contributed by atoms with Gasteiger partial charge in [0.2, 0.25) is 10.0 Å². The van der Waals surface area contributed by atoms with Gasteiger partial charge in [-0.1, -0.05) is 6.07 Å². The van der Waals surface area contributed by atoms with Gasteiger partial charge in [0.25, 0.3) is 0 Å². The van der Waals surface area contributed by atoms with E-state index in [1.165, 1.54) is 24.0 Å². The zero-order valence-corrected chi connectivity index (χ0v) is 13.0. The van der Waals surface area contributed by atoms with Gasteiger partial charge in [0.05, 0.1) is 4.90 Å². The third-order valence-electron chi connectivity index (χ3n) is 5.32. The summed E-state index contributed by atoms with van der Waals surface area (Å²) < 4.78 is 27.7. The lowest BCUT2D eigenvalue weighted by Crippen LogP contribution is -2.39. The summed E-state index contributed by atoms with van der Waals surface area (Å²) in [6.45, 7) is 2.44. The van der Waals surface area contributed by atoms with Gasteiger partial charge in [-0.05, 0) is 67.8 Å². The Hall–Kier alpha value is -0.910. The molecule has 1 N–H and O–H groups in total. The maximum atomic E-state index is 13.0. The summed E-state index contributed by atoms with van der Waals surface area (Å²) >= 11 is 0. The first-order valence-electron chi connectivity index (χ1n) is 8.00. The van der Waals surface area contributed by atoms with Crippen molar-refractivity contribution in [3.05, 3.63) is 29.3 Å². The van der Waals surface area contributed by atoms with Crippen molar-refractivity contribution in [1.29, 1.82) is 0 Å². The van der Waals surface area contributed by atoms with Crippen molar-refractivity contribution in [2.75, 3.05) is 19.6 Å². The van der Waals surface area contributed by atoms with Gasteiger partial charge in [-0.25, -0.2) is 8.42 Å². The van der Waals surface area contributed by atoms with Crippen molar-refractivity contribution < 1.29 is 8.42 Å². The molecule has 0 bridgehead atoms. The first-order chi connectivity index (χ1) is 10.2. The summed E-state index contributed by atoms with van der Waals surface area (Å²) in [5.74, 6) is 0.498. The standard InChI is InChI=1S/C16H22N2O2S/c19-21(20,18-8-7-14-10-17-11-16(14)18)15-6-5-12-3-1-2-4-13(12)9-15/h5-6,9,14,16-17H,1-4,7-8,10-11H2/t14-,16+/m0/s1. The minimum absolute atomic E-state index is 0.158. The van der Waals surface area contributed by atoms with Crippen LogP contribution in [0.1, 0.15) is 30.4 Å². The summed E-state index contributed by atoms with van der Waals surface area (Å²) in [5, 5.41) is 3.32. The fourth-order valence-electron chi connectivity index (χ4n) is 4.11. The van der Waals surface area contributed by atoms with Crippen molar-refractivity contribution in [2.24, 2.45) is 5.92 Å². The Bertz CT molecular complexity index is 656. The molecule has 4 rings (SSSR count). The van der Waals surface area contributed by atoms with E-state index < -0.39 is 10.0 Å². The van der Waals surface area contributed by atoms with Gasteiger partial charge >= 0.3 is 0 Å². The predicted molar refractivity (Wildman–Crippen MR) is 81.7 cm³/mol. The lowest BCUT2D eigenvalue weighted by molar-refractivity contribution is 0.383. The molecule has 21 heavy (non-hydrogen) atoms. The van der Waals surface area contributed by atoms with Crippen LogP contribution in [0.3, 0.4) is 0 Å². The van der Waals surface area contributed by atoms with Gasteiger partial charge in [-0.3, -0.25) is 0 Å². The highest BCUT2D eigenvalue weighted by atomic mass is 32.2. The lowest BCUT2D eigenvalue weighted by atomic mass is 9.92. The number of hydrogen-bond donors (Lipinski definition) is 1. The Balaban J connectivity index is 1.68. The Morgan fingerprint density at radius 2 is 1.90 bits per heavy atom. The predicted octanol–water partition coefficient (Wildman–Crippen LogP) is 1.55. The quantitative estimate of drug-likeness (QED) is 0.902. The second-order valence-corrected chi connectivity index (χ2v) is 8.42. The van der Waals surface area contributed by atoms with Crippen LogP contribution in [0.4, 0.5) is 0 Å². The number of nitrogens with one attached hydrogen (secondary N) is 1. The van der Waals surface area contributed by atoms with Gasteiger partial charge in [0.1, 0.15) is 0 Å². The van der Waals surface area contributed by atoms with Gasteiger partial charge in [0, 0.05) is 19.1 Å². The molecule has 0 unspecified atom stereocenters. The second-order valence-electron chi connectivity index (χ2n) is 6.53. The van der Waals surface area contributed by atoms with E-state index in [1.54, 1.807) is 4.31 Å². The number of fused-ring (bicyclic) bond motifs is 2. The maximum Gasteiger partial charge on any atom is 0.243 e. The number of benzene rings is 1. The molecule has 0 amide bonds. The van der Waals surface area contributed by atoms with Crippen LogP contribution < -0.4 is 5.32 Å². The van der Waals surface area contributed by atoms with Crippen LogP contribution in [0.5, 0.6) is 0 Å². The Labute approximate surface area is 126 Å². The number of nitrogens with zero attached hydrogens (tertiary/aromatic N) is 1. The summed E-state index contributed by atoms with van der Waals surface area (Å²) in [6.07, 6.45) is 5.50. The molecular weight excluding hydrogens is 284 g/mol. The minimum Gasteiger partial charge on any atom is -0.315 e. The number of hydrogen-bond acceptors (Lipinski definition) is 3. The molecular formula is C16H22N2O2S. The van der Waals surface area contributed by atoms with Crippen LogP contribution in [-0.2, 0) is 22.9 Å². The first kappa shape index (κ1) is 13.7. The molecule has 1 aromatic carbocycles. The molecule has 2 atom stereocenters. The van der Waals surface area contributed by atoms with E-state index in [4.69, 9.17) is 0 Å². The Morgan fingerprint density at radius 1 is 1.10 bits per heavy atom. The fourth-order valence-corrected chi connectivity index (χ4v) is 5.86. The van der Waals surface area contributed by atoms with Crippen LogP contribution in [0.2, 0.25) is 0 Å².